The molecule has 132 valence electrons. The Labute approximate surface area is 151 Å². The van der Waals surface area contributed by atoms with E-state index in [0.717, 1.165) is 22.8 Å². The van der Waals surface area contributed by atoms with Crippen LogP contribution in [0.5, 0.6) is 5.75 Å². The summed E-state index contributed by atoms with van der Waals surface area (Å²) in [5.74, 6) is 1.50. The van der Waals surface area contributed by atoms with Crippen molar-refractivity contribution in [1.82, 2.24) is 0 Å². The number of amides is 1. The quantitative estimate of drug-likeness (QED) is 0.832. The van der Waals surface area contributed by atoms with Crippen LogP contribution in [0.1, 0.15) is 12.5 Å². The molecule has 0 saturated carbocycles. The fourth-order valence-corrected chi connectivity index (χ4v) is 3.20. The topological polar surface area (TPSA) is 64.6 Å². The zero-order chi connectivity index (χ0) is 18.1. The summed E-state index contributed by atoms with van der Waals surface area (Å²) in [5.41, 5.74) is 1.88. The first-order valence-corrected chi connectivity index (χ1v) is 8.98. The van der Waals surface area contributed by atoms with Crippen molar-refractivity contribution in [1.29, 1.82) is 0 Å². The minimum absolute atomic E-state index is 0.264. The Balaban J connectivity index is 0.000000236. The third-order valence-corrected chi connectivity index (χ3v) is 4.44. The van der Waals surface area contributed by atoms with Gasteiger partial charge in [-0.25, -0.2) is 0 Å². The van der Waals surface area contributed by atoms with E-state index in [0.29, 0.717) is 5.75 Å². The molecule has 1 aliphatic rings. The highest BCUT2D eigenvalue weighted by atomic mass is 32.2. The molecule has 0 spiro atoms. The number of carbonyl (C=O) groups excluding carboxylic acids is 2. The molecule has 6 heteroatoms. The molecule has 1 unspecified atom stereocenters. The molecule has 0 aromatic heterocycles. The van der Waals surface area contributed by atoms with Crippen LogP contribution in [0.3, 0.4) is 0 Å². The molecule has 0 radical (unpaired) electrons. The number of carbonyl (C=O) groups is 2. The number of benzene rings is 2. The molecule has 1 amide bonds. The molecule has 1 atom stereocenters. The minimum atomic E-state index is -0.703. The summed E-state index contributed by atoms with van der Waals surface area (Å²) < 4.78 is 9.90. The summed E-state index contributed by atoms with van der Waals surface area (Å²) in [6.45, 7) is 1.31. The van der Waals surface area contributed by atoms with Crippen molar-refractivity contribution in [3.63, 3.8) is 0 Å². The lowest BCUT2D eigenvalue weighted by atomic mass is 10.2. The van der Waals surface area contributed by atoms with Gasteiger partial charge >= 0.3 is 5.97 Å². The van der Waals surface area contributed by atoms with Crippen molar-refractivity contribution in [3.05, 3.63) is 60.2 Å². The van der Waals surface area contributed by atoms with Gasteiger partial charge in [0.15, 0.2) is 6.10 Å². The summed E-state index contributed by atoms with van der Waals surface area (Å²) >= 11 is 1.59. The summed E-state index contributed by atoms with van der Waals surface area (Å²) in [6.07, 6.45) is -0.703. The molecular formula is C19H21NO4S. The maximum absolute atomic E-state index is 11.9. The van der Waals surface area contributed by atoms with E-state index in [4.69, 9.17) is 9.47 Å². The summed E-state index contributed by atoms with van der Waals surface area (Å²) in [5, 5.41) is 2.79. The van der Waals surface area contributed by atoms with Gasteiger partial charge < -0.3 is 14.8 Å². The molecule has 0 aliphatic carbocycles. The highest BCUT2D eigenvalue weighted by molar-refractivity contribution is 7.98. The van der Waals surface area contributed by atoms with Crippen LogP contribution in [0.15, 0.2) is 54.6 Å². The number of anilines is 1. The monoisotopic (exact) mass is 359 g/mol. The molecule has 5 nitrogen and oxygen atoms in total. The highest BCUT2D eigenvalue weighted by Gasteiger charge is 2.24. The molecule has 0 bridgehead atoms. The molecule has 2 aromatic rings. The maximum atomic E-state index is 11.9. The number of hydrogen-bond donors (Lipinski definition) is 1. The Bertz CT molecular complexity index is 706. The van der Waals surface area contributed by atoms with Gasteiger partial charge in [0.2, 0.25) is 0 Å². The Hall–Kier alpha value is -2.47. The third kappa shape index (κ3) is 6.15. The number of rotatable bonds is 2. The second-order valence-electron chi connectivity index (χ2n) is 5.28. The van der Waals surface area contributed by atoms with Crippen LogP contribution in [0.25, 0.3) is 0 Å². The number of hydrogen-bond acceptors (Lipinski definition) is 5. The number of methoxy groups -OCH3 is 1. The lowest BCUT2D eigenvalue weighted by Gasteiger charge is -2.21. The number of fused-ring (bicyclic) bond motifs is 1. The van der Waals surface area contributed by atoms with Gasteiger partial charge in [-0.05, 0) is 23.8 Å². The summed E-state index contributed by atoms with van der Waals surface area (Å²) in [7, 11) is 1.66. The van der Waals surface area contributed by atoms with Gasteiger partial charge in [0, 0.05) is 24.1 Å². The van der Waals surface area contributed by atoms with Crippen LogP contribution in [-0.2, 0) is 20.1 Å². The maximum Gasteiger partial charge on any atom is 0.303 e. The molecule has 1 N–H and O–H groups in total. The summed E-state index contributed by atoms with van der Waals surface area (Å²) in [4.78, 5) is 22.8. The predicted molar refractivity (Wildman–Crippen MR) is 99.8 cm³/mol. The van der Waals surface area contributed by atoms with Crippen LogP contribution in [0.2, 0.25) is 0 Å². The lowest BCUT2D eigenvalue weighted by molar-refractivity contribution is -0.150. The molecule has 25 heavy (non-hydrogen) atoms. The van der Waals surface area contributed by atoms with Crippen molar-refractivity contribution in [2.24, 2.45) is 0 Å². The van der Waals surface area contributed by atoms with Crippen LogP contribution in [0.4, 0.5) is 5.69 Å². The van der Waals surface area contributed by atoms with E-state index < -0.39 is 12.1 Å². The van der Waals surface area contributed by atoms with E-state index in [-0.39, 0.29) is 5.91 Å². The van der Waals surface area contributed by atoms with Crippen LogP contribution in [0, 0.1) is 0 Å². The van der Waals surface area contributed by atoms with Crippen LogP contribution >= 0.6 is 11.8 Å². The summed E-state index contributed by atoms with van der Waals surface area (Å²) in [6, 6.07) is 17.3. The van der Waals surface area contributed by atoms with Gasteiger partial charge in [0.05, 0.1) is 7.11 Å². The van der Waals surface area contributed by atoms with Crippen LogP contribution < -0.4 is 10.1 Å². The van der Waals surface area contributed by atoms with E-state index in [1.165, 1.54) is 6.92 Å². The van der Waals surface area contributed by atoms with Gasteiger partial charge in [-0.3, -0.25) is 9.59 Å². The number of esters is 1. The normalized spacial score (nSPS) is 16.1. The van der Waals surface area contributed by atoms with Crippen molar-refractivity contribution >= 4 is 29.3 Å². The number of thioether (sulfide) groups is 1. The van der Waals surface area contributed by atoms with Gasteiger partial charge in [-0.1, -0.05) is 36.4 Å². The smallest absolute Gasteiger partial charge is 0.303 e. The molecule has 2 aromatic carbocycles. The largest absolute Gasteiger partial charge is 0.497 e. The lowest BCUT2D eigenvalue weighted by Crippen LogP contribution is -2.35. The Kier molecular flexibility index (Phi) is 7.35. The second-order valence-corrected chi connectivity index (χ2v) is 6.31. The predicted octanol–water partition coefficient (Wildman–Crippen LogP) is 3.50. The van der Waals surface area contributed by atoms with E-state index in [2.05, 4.69) is 5.32 Å². The Morgan fingerprint density at radius 1 is 1.12 bits per heavy atom. The zero-order valence-electron chi connectivity index (χ0n) is 14.2. The van der Waals surface area contributed by atoms with E-state index in [1.807, 2.05) is 54.6 Å². The number of nitrogens with one attached hydrogen (secondary N) is 1. The first-order chi connectivity index (χ1) is 12.1. The van der Waals surface area contributed by atoms with Crippen molar-refractivity contribution in [2.45, 2.75) is 18.8 Å². The third-order valence-electron chi connectivity index (χ3n) is 3.38. The second kappa shape index (κ2) is 9.74. The van der Waals surface area contributed by atoms with Crippen molar-refractivity contribution < 1.29 is 19.1 Å². The molecule has 1 aliphatic heterocycles. The van der Waals surface area contributed by atoms with Crippen molar-refractivity contribution in [3.8, 4) is 5.75 Å². The highest BCUT2D eigenvalue weighted by Crippen LogP contribution is 2.25. The Morgan fingerprint density at radius 2 is 1.80 bits per heavy atom. The minimum Gasteiger partial charge on any atom is -0.497 e. The van der Waals surface area contributed by atoms with E-state index >= 15 is 0 Å². The first kappa shape index (κ1) is 18.9. The average Bonchev–Trinajstić information content (AvgIpc) is 2.62. The standard InChI is InChI=1S/C12H13NO3S.C7H8O/c1-8(14)16-11-7-17-6-9-4-2-3-5-10(9)13-12(11)15;1-8-7-5-3-2-4-6-7/h2-5,11H,6-7H2,1H3,(H,13,15);2-6H,1H3. The van der Waals surface area contributed by atoms with Gasteiger partial charge in [-0.2, -0.15) is 11.8 Å². The SMILES string of the molecule is CC(=O)OC1CSCc2ccccc2NC1=O.COc1ccccc1. The fraction of sp³-hybridized carbons (Fsp3) is 0.263. The molecular weight excluding hydrogens is 338 g/mol. The zero-order valence-corrected chi connectivity index (χ0v) is 15.0. The van der Waals surface area contributed by atoms with Gasteiger partial charge in [-0.15, -0.1) is 0 Å². The Morgan fingerprint density at radius 3 is 2.44 bits per heavy atom. The molecule has 0 fully saturated rings. The van der Waals surface area contributed by atoms with Crippen LogP contribution in [-0.4, -0.2) is 30.8 Å². The van der Waals surface area contributed by atoms with Gasteiger partial charge in [0.1, 0.15) is 5.75 Å². The molecule has 1 heterocycles. The van der Waals surface area contributed by atoms with E-state index in [9.17, 15) is 9.59 Å². The van der Waals surface area contributed by atoms with Gasteiger partial charge in [0.25, 0.3) is 5.91 Å². The van der Waals surface area contributed by atoms with Crippen molar-refractivity contribution in [2.75, 3.05) is 18.2 Å². The fourth-order valence-electron chi connectivity index (χ4n) is 2.18. The number of ether oxygens (including phenoxy) is 2. The number of para-hydroxylation sites is 2. The average molecular weight is 359 g/mol. The van der Waals surface area contributed by atoms with E-state index in [1.54, 1.807) is 18.9 Å². The molecule has 3 rings (SSSR count). The molecule has 0 saturated heterocycles. The first-order valence-electron chi connectivity index (χ1n) is 7.83.